The van der Waals surface area contributed by atoms with Crippen LogP contribution in [0.25, 0.3) is 0 Å². The van der Waals surface area contributed by atoms with E-state index in [1.807, 2.05) is 7.05 Å². The van der Waals surface area contributed by atoms with Crippen LogP contribution in [0.5, 0.6) is 0 Å². The second-order valence-corrected chi connectivity index (χ2v) is 5.85. The summed E-state index contributed by atoms with van der Waals surface area (Å²) in [5.74, 6) is -0.0649. The minimum atomic E-state index is -0.889. The summed E-state index contributed by atoms with van der Waals surface area (Å²) in [6.45, 7) is 2.29. The summed E-state index contributed by atoms with van der Waals surface area (Å²) in [6.07, 6.45) is 6.32. The Morgan fingerprint density at radius 2 is 2.12 bits per heavy atom. The topological polar surface area (TPSA) is 53.4 Å². The number of carboxylic acid groups (broad SMARTS) is 1. The summed E-state index contributed by atoms with van der Waals surface area (Å²) in [5.41, 5.74) is 0. The molecule has 2 rings (SSSR count). The molecule has 0 radical (unpaired) electrons. The number of hydrogen-bond acceptors (Lipinski definition) is 4. The highest BCUT2D eigenvalue weighted by Crippen LogP contribution is 2.31. The van der Waals surface area contributed by atoms with E-state index in [1.165, 1.54) is 43.2 Å². The van der Waals surface area contributed by atoms with Crippen LogP contribution in [0.1, 0.15) is 42.3 Å². The van der Waals surface area contributed by atoms with Crippen molar-refractivity contribution in [2.45, 2.75) is 38.6 Å². The normalized spacial score (nSPS) is 24.6. The zero-order valence-corrected chi connectivity index (χ0v) is 11.0. The van der Waals surface area contributed by atoms with E-state index in [4.69, 9.17) is 5.11 Å². The predicted molar refractivity (Wildman–Crippen MR) is 68.9 cm³/mol. The summed E-state index contributed by atoms with van der Waals surface area (Å²) < 4.78 is 0. The van der Waals surface area contributed by atoms with E-state index in [0.29, 0.717) is 10.9 Å². The second-order valence-electron chi connectivity index (χ2n) is 4.84. The number of carbonyl (C=O) groups is 1. The van der Waals surface area contributed by atoms with Crippen LogP contribution in [0, 0.1) is 5.92 Å². The van der Waals surface area contributed by atoms with Crippen LogP contribution in [0.4, 0.5) is 5.13 Å². The molecule has 1 fully saturated rings. The van der Waals surface area contributed by atoms with E-state index in [-0.39, 0.29) is 0 Å². The van der Waals surface area contributed by atoms with Crippen molar-refractivity contribution < 1.29 is 9.90 Å². The minimum Gasteiger partial charge on any atom is -0.477 e. The van der Waals surface area contributed by atoms with Crippen molar-refractivity contribution in [1.82, 2.24) is 4.98 Å². The molecule has 5 heteroatoms. The van der Waals surface area contributed by atoms with E-state index in [0.717, 1.165) is 11.0 Å². The van der Waals surface area contributed by atoms with Crippen molar-refractivity contribution in [1.29, 1.82) is 0 Å². The summed E-state index contributed by atoms with van der Waals surface area (Å²) in [7, 11) is 2.02. The van der Waals surface area contributed by atoms with Crippen molar-refractivity contribution in [3.8, 4) is 0 Å². The summed E-state index contributed by atoms with van der Waals surface area (Å²) in [5, 5.41) is 9.70. The lowest BCUT2D eigenvalue weighted by Crippen LogP contribution is -2.34. The van der Waals surface area contributed by atoms with Gasteiger partial charge in [0.25, 0.3) is 0 Å². The Bertz CT molecular complexity index is 397. The van der Waals surface area contributed by atoms with Gasteiger partial charge >= 0.3 is 5.97 Å². The highest BCUT2D eigenvalue weighted by Gasteiger charge is 2.23. The van der Waals surface area contributed by atoms with E-state index >= 15 is 0 Å². The van der Waals surface area contributed by atoms with Gasteiger partial charge in [-0.2, -0.15) is 0 Å². The number of rotatable bonds is 3. The second kappa shape index (κ2) is 5.04. The minimum absolute atomic E-state index is 0.316. The Balaban J connectivity index is 2.03. The first-order chi connectivity index (χ1) is 8.08. The fourth-order valence-electron chi connectivity index (χ4n) is 2.31. The number of aromatic carboxylic acids is 1. The first-order valence-corrected chi connectivity index (χ1v) is 6.81. The van der Waals surface area contributed by atoms with Gasteiger partial charge in [-0.3, -0.25) is 0 Å². The molecule has 4 nitrogen and oxygen atoms in total. The number of anilines is 1. The molecule has 0 aromatic carbocycles. The van der Waals surface area contributed by atoms with Crippen LogP contribution >= 0.6 is 11.3 Å². The molecule has 94 valence electrons. The van der Waals surface area contributed by atoms with Gasteiger partial charge in [-0.25, -0.2) is 9.78 Å². The van der Waals surface area contributed by atoms with Gasteiger partial charge in [0.1, 0.15) is 4.88 Å². The average Bonchev–Trinajstić information content (AvgIpc) is 2.78. The van der Waals surface area contributed by atoms with Crippen molar-refractivity contribution in [3.63, 3.8) is 0 Å². The van der Waals surface area contributed by atoms with Crippen molar-refractivity contribution in [2.75, 3.05) is 11.9 Å². The monoisotopic (exact) mass is 254 g/mol. The van der Waals surface area contributed by atoms with Crippen LogP contribution in [0.3, 0.4) is 0 Å². The van der Waals surface area contributed by atoms with Crippen molar-refractivity contribution in [2.24, 2.45) is 5.92 Å². The Morgan fingerprint density at radius 3 is 2.65 bits per heavy atom. The van der Waals surface area contributed by atoms with Gasteiger partial charge in [0.2, 0.25) is 0 Å². The number of nitrogens with zero attached hydrogens (tertiary/aromatic N) is 2. The third kappa shape index (κ3) is 2.77. The Morgan fingerprint density at radius 1 is 1.47 bits per heavy atom. The van der Waals surface area contributed by atoms with Gasteiger partial charge in [0, 0.05) is 13.1 Å². The molecular weight excluding hydrogens is 236 g/mol. The van der Waals surface area contributed by atoms with E-state index in [2.05, 4.69) is 16.8 Å². The van der Waals surface area contributed by atoms with Crippen LogP contribution in [0.2, 0.25) is 0 Å². The standard InChI is InChI=1S/C12H18N2O2S/c1-8-3-5-9(6-4-8)14(2)12-13-7-10(17-12)11(15)16/h7-9H,3-6H2,1-2H3,(H,15,16). The fourth-order valence-corrected chi connectivity index (χ4v) is 3.10. The molecule has 0 spiro atoms. The van der Waals surface area contributed by atoms with Crippen LogP contribution in [0.15, 0.2) is 6.20 Å². The molecule has 1 aromatic heterocycles. The lowest BCUT2D eigenvalue weighted by atomic mass is 9.87. The van der Waals surface area contributed by atoms with Crippen LogP contribution < -0.4 is 4.90 Å². The molecule has 0 unspecified atom stereocenters. The molecule has 1 heterocycles. The van der Waals surface area contributed by atoms with Gasteiger partial charge in [0.15, 0.2) is 5.13 Å². The maximum absolute atomic E-state index is 10.8. The van der Waals surface area contributed by atoms with E-state index in [9.17, 15) is 4.79 Å². The first-order valence-electron chi connectivity index (χ1n) is 6.00. The van der Waals surface area contributed by atoms with Gasteiger partial charge in [-0.1, -0.05) is 18.3 Å². The van der Waals surface area contributed by atoms with Crippen LogP contribution in [-0.4, -0.2) is 29.1 Å². The largest absolute Gasteiger partial charge is 0.477 e. The molecule has 1 aromatic rings. The molecule has 0 atom stereocenters. The number of aromatic nitrogens is 1. The zero-order chi connectivity index (χ0) is 12.4. The van der Waals surface area contributed by atoms with Crippen molar-refractivity contribution >= 4 is 22.4 Å². The number of thiazole rings is 1. The molecule has 17 heavy (non-hydrogen) atoms. The molecule has 1 aliphatic carbocycles. The highest BCUT2D eigenvalue weighted by atomic mass is 32.1. The SMILES string of the molecule is CC1CCC(N(C)c2ncc(C(=O)O)s2)CC1. The maximum atomic E-state index is 10.8. The zero-order valence-electron chi connectivity index (χ0n) is 10.2. The van der Waals surface area contributed by atoms with Gasteiger partial charge in [-0.05, 0) is 31.6 Å². The number of carboxylic acids is 1. The summed E-state index contributed by atoms with van der Waals surface area (Å²) in [6, 6.07) is 0.513. The first kappa shape index (κ1) is 12.4. The van der Waals surface area contributed by atoms with Gasteiger partial charge in [0.05, 0.1) is 6.20 Å². The highest BCUT2D eigenvalue weighted by molar-refractivity contribution is 7.17. The number of hydrogen-bond donors (Lipinski definition) is 1. The van der Waals surface area contributed by atoms with Crippen molar-refractivity contribution in [3.05, 3.63) is 11.1 Å². The molecule has 1 N–H and O–H groups in total. The molecule has 1 aliphatic rings. The third-order valence-electron chi connectivity index (χ3n) is 3.54. The summed E-state index contributed by atoms with van der Waals surface area (Å²) in [4.78, 5) is 17.5. The molecule has 0 saturated heterocycles. The molecule has 1 saturated carbocycles. The lowest BCUT2D eigenvalue weighted by molar-refractivity contribution is 0.0702. The van der Waals surface area contributed by atoms with Gasteiger partial charge < -0.3 is 10.0 Å². The van der Waals surface area contributed by atoms with E-state index in [1.54, 1.807) is 0 Å². The van der Waals surface area contributed by atoms with E-state index < -0.39 is 5.97 Å². The molecule has 0 aliphatic heterocycles. The summed E-state index contributed by atoms with van der Waals surface area (Å²) >= 11 is 1.26. The van der Waals surface area contributed by atoms with Gasteiger partial charge in [-0.15, -0.1) is 0 Å². The molecular formula is C12H18N2O2S. The van der Waals surface area contributed by atoms with Crippen LogP contribution in [-0.2, 0) is 0 Å². The Kier molecular flexibility index (Phi) is 3.66. The fraction of sp³-hybridized carbons (Fsp3) is 0.667. The quantitative estimate of drug-likeness (QED) is 0.901. The Labute approximate surface area is 105 Å². The predicted octanol–water partition coefficient (Wildman–Crippen LogP) is 2.86. The average molecular weight is 254 g/mol. The third-order valence-corrected chi connectivity index (χ3v) is 4.62. The Hall–Kier alpha value is -1.10. The lowest BCUT2D eigenvalue weighted by Gasteiger charge is -2.33. The molecule has 0 bridgehead atoms. The molecule has 0 amide bonds. The smallest absolute Gasteiger partial charge is 0.347 e. The maximum Gasteiger partial charge on any atom is 0.347 e.